The summed E-state index contributed by atoms with van der Waals surface area (Å²) < 4.78 is 6.48. The molecule has 0 saturated heterocycles. The number of carbonyl (C=O) groups excluding carboxylic acids is 2. The summed E-state index contributed by atoms with van der Waals surface area (Å²) in [7, 11) is 0. The molecular weight excluding hydrogens is 393 g/mol. The molecule has 3 nitrogen and oxygen atoms in total. The Bertz CT molecular complexity index is 299. The average Bonchev–Trinajstić information content (AvgIpc) is 2.25. The fourth-order valence-electron chi connectivity index (χ4n) is 2.10. The van der Waals surface area contributed by atoms with Crippen molar-refractivity contribution in [1.29, 1.82) is 0 Å². The summed E-state index contributed by atoms with van der Waals surface area (Å²) in [6, 6.07) is 0. The molecule has 0 N–H and O–H groups in total. The van der Waals surface area contributed by atoms with Gasteiger partial charge in [-0.25, -0.2) is 0 Å². The first-order valence-corrected chi connectivity index (χ1v) is 10.9. The van der Waals surface area contributed by atoms with Crippen LogP contribution >= 0.6 is 0 Å². The summed E-state index contributed by atoms with van der Waals surface area (Å²) >= 11 is -1.78. The Morgan fingerprint density at radius 3 is 2.31 bits per heavy atom. The molecule has 0 aromatic carbocycles. The minimum absolute atomic E-state index is 0.181. The first-order chi connectivity index (χ1) is 7.59. The third kappa shape index (κ3) is 5.24. The molecule has 0 amide bonds. The predicted molar refractivity (Wildman–Crippen MR) is 57.2 cm³/mol. The van der Waals surface area contributed by atoms with Crippen molar-refractivity contribution in [2.45, 2.75) is 52.4 Å². The number of carbonyl (C=O) groups is 2. The van der Waals surface area contributed by atoms with Crippen LogP contribution < -0.4 is 0 Å². The Hall–Kier alpha value is -0.185. The normalized spacial score (nSPS) is 15.2. The Morgan fingerprint density at radius 1 is 1.19 bits per heavy atom. The summed E-state index contributed by atoms with van der Waals surface area (Å²) in [5.41, 5.74) is 1.43. The van der Waals surface area contributed by atoms with Crippen LogP contribution in [0.1, 0.15) is 52.4 Å². The van der Waals surface area contributed by atoms with E-state index in [4.69, 9.17) is 2.64 Å². The van der Waals surface area contributed by atoms with Crippen LogP contribution in [-0.4, -0.2) is 11.8 Å². The molecule has 1 fully saturated rings. The molecule has 1 aliphatic rings. The van der Waals surface area contributed by atoms with E-state index in [-0.39, 0.29) is 11.8 Å². The van der Waals surface area contributed by atoms with Crippen molar-refractivity contribution >= 4 is 11.8 Å². The van der Waals surface area contributed by atoms with Crippen LogP contribution in [0.5, 0.6) is 0 Å². The molecule has 1 saturated carbocycles. The Morgan fingerprint density at radius 2 is 1.81 bits per heavy atom. The van der Waals surface area contributed by atoms with Gasteiger partial charge in [0, 0.05) is 0 Å². The van der Waals surface area contributed by atoms with Crippen LogP contribution in [0.4, 0.5) is 0 Å². The standard InChI is InChI=1S/C10H15O.C2H4O2.Hg/c1-9(11)7-8-10-5-3-2-4-6-10;1-2(3)4;/h2-7H2,1H3;1H3,(H,3,4);/q;;+1/p-1. The van der Waals surface area contributed by atoms with Gasteiger partial charge in [0.15, 0.2) is 0 Å². The van der Waals surface area contributed by atoms with Crippen molar-refractivity contribution in [3.63, 3.8) is 0 Å². The van der Waals surface area contributed by atoms with Crippen molar-refractivity contribution < 1.29 is 37.3 Å². The predicted octanol–water partition coefficient (Wildman–Crippen LogP) is 2.74. The van der Waals surface area contributed by atoms with E-state index in [1.165, 1.54) is 34.8 Å². The van der Waals surface area contributed by atoms with E-state index in [0.717, 1.165) is 12.8 Å². The van der Waals surface area contributed by atoms with Gasteiger partial charge in [0.2, 0.25) is 0 Å². The first-order valence-electron chi connectivity index (χ1n) is 5.92. The molecule has 1 aliphatic carbocycles. The number of Topliss-reactive ketones (excluding diaryl/α,β-unsaturated/α-hetero) is 1. The first kappa shape index (κ1) is 13.9. The van der Waals surface area contributed by atoms with Crippen molar-refractivity contribution in [1.82, 2.24) is 0 Å². The van der Waals surface area contributed by atoms with E-state index in [1.54, 1.807) is 6.92 Å². The Kier molecular flexibility index (Phi) is 6.25. The molecular formula is C12H18HgO3. The van der Waals surface area contributed by atoms with Gasteiger partial charge in [-0.1, -0.05) is 0 Å². The van der Waals surface area contributed by atoms with Crippen molar-refractivity contribution in [3.05, 3.63) is 8.65 Å². The van der Waals surface area contributed by atoms with Gasteiger partial charge in [0.05, 0.1) is 0 Å². The summed E-state index contributed by atoms with van der Waals surface area (Å²) in [4.78, 5) is 22.0. The molecule has 0 aromatic heterocycles. The zero-order chi connectivity index (χ0) is 12.0. The molecule has 0 atom stereocenters. The molecule has 86 valence electrons. The molecule has 16 heavy (non-hydrogen) atoms. The fourth-order valence-corrected chi connectivity index (χ4v) is 7.50. The van der Waals surface area contributed by atoms with Crippen molar-refractivity contribution in [2.24, 2.45) is 0 Å². The number of hydrogen-bond donors (Lipinski definition) is 0. The van der Waals surface area contributed by atoms with E-state index in [1.807, 2.05) is 0 Å². The summed E-state index contributed by atoms with van der Waals surface area (Å²) in [6.07, 6.45) is 6.51. The third-order valence-corrected chi connectivity index (χ3v) is 9.28. The molecule has 4 heteroatoms. The van der Waals surface area contributed by atoms with E-state index >= 15 is 0 Å². The minimum atomic E-state index is -1.78. The van der Waals surface area contributed by atoms with Gasteiger partial charge >= 0.3 is 110 Å². The molecule has 0 unspecified atom stereocenters. The fraction of sp³-hybridized carbons (Fsp3) is 0.667. The average molecular weight is 411 g/mol. The van der Waals surface area contributed by atoms with Crippen LogP contribution in [0.15, 0.2) is 8.65 Å². The zero-order valence-electron chi connectivity index (χ0n) is 10.2. The number of hydrogen-bond acceptors (Lipinski definition) is 3. The topological polar surface area (TPSA) is 43.4 Å². The maximum atomic E-state index is 11.2. The van der Waals surface area contributed by atoms with Gasteiger partial charge in [0.25, 0.3) is 0 Å². The van der Waals surface area contributed by atoms with Gasteiger partial charge in [-0.05, 0) is 0 Å². The molecule has 0 spiro atoms. The van der Waals surface area contributed by atoms with E-state index in [0.29, 0.717) is 6.42 Å². The van der Waals surface area contributed by atoms with Crippen molar-refractivity contribution in [2.75, 3.05) is 0 Å². The zero-order valence-corrected chi connectivity index (χ0v) is 15.7. The summed E-state index contributed by atoms with van der Waals surface area (Å²) in [6.45, 7) is 3.07. The van der Waals surface area contributed by atoms with Crippen LogP contribution in [0, 0.1) is 0 Å². The molecule has 0 heterocycles. The second-order valence-electron chi connectivity index (χ2n) is 4.43. The van der Waals surface area contributed by atoms with E-state index < -0.39 is 25.0 Å². The van der Waals surface area contributed by atoms with Gasteiger partial charge in [-0.3, -0.25) is 0 Å². The SMILES string of the molecule is CC(=O)C[C]([Hg][O]C(C)=O)=C1CCCCC1. The van der Waals surface area contributed by atoms with Crippen molar-refractivity contribution in [3.8, 4) is 0 Å². The number of allylic oxidation sites excluding steroid dienone is 2. The Labute approximate surface area is 110 Å². The number of rotatable bonds is 4. The van der Waals surface area contributed by atoms with Crippen LogP contribution in [0.25, 0.3) is 0 Å². The quantitative estimate of drug-likeness (QED) is 0.669. The number of ketones is 1. The monoisotopic (exact) mass is 412 g/mol. The molecule has 0 radical (unpaired) electrons. The molecule has 1 rings (SSSR count). The second-order valence-corrected chi connectivity index (χ2v) is 9.99. The van der Waals surface area contributed by atoms with E-state index in [9.17, 15) is 9.59 Å². The summed E-state index contributed by atoms with van der Waals surface area (Å²) in [5.74, 6) is 0.0133. The summed E-state index contributed by atoms with van der Waals surface area (Å²) in [5, 5.41) is 0. The van der Waals surface area contributed by atoms with Crippen LogP contribution in [-0.2, 0) is 37.3 Å². The molecule has 0 aromatic rings. The third-order valence-electron chi connectivity index (χ3n) is 2.87. The Balaban J connectivity index is 2.67. The van der Waals surface area contributed by atoms with E-state index in [2.05, 4.69) is 0 Å². The second kappa shape index (κ2) is 7.20. The van der Waals surface area contributed by atoms with Crippen LogP contribution in [0.3, 0.4) is 0 Å². The van der Waals surface area contributed by atoms with Gasteiger partial charge in [-0.2, -0.15) is 0 Å². The van der Waals surface area contributed by atoms with Crippen LogP contribution in [0.2, 0.25) is 0 Å². The van der Waals surface area contributed by atoms with Gasteiger partial charge < -0.3 is 0 Å². The maximum absolute atomic E-state index is 11.2. The molecule has 0 aliphatic heterocycles. The van der Waals surface area contributed by atoms with Gasteiger partial charge in [-0.15, -0.1) is 0 Å². The molecule has 0 bridgehead atoms. The van der Waals surface area contributed by atoms with Gasteiger partial charge in [0.1, 0.15) is 0 Å².